The lowest BCUT2D eigenvalue weighted by atomic mass is 10.2. The van der Waals surface area contributed by atoms with E-state index in [4.69, 9.17) is 4.74 Å². The Morgan fingerprint density at radius 1 is 1.05 bits per heavy atom. The second kappa shape index (κ2) is 7.15. The molecule has 0 saturated heterocycles. The van der Waals surface area contributed by atoms with Crippen LogP contribution in [0.4, 0.5) is 5.69 Å². The molecule has 106 valence electrons. The van der Waals surface area contributed by atoms with Crippen LogP contribution >= 0.6 is 0 Å². The predicted octanol–water partition coefficient (Wildman–Crippen LogP) is 5.07. The molecule has 2 aromatic rings. The normalized spacial score (nSPS) is 10.8. The third-order valence-corrected chi connectivity index (χ3v) is 2.93. The Hall–Kier alpha value is -2.74. The van der Waals surface area contributed by atoms with Crippen LogP contribution in [0.5, 0.6) is 5.75 Å². The summed E-state index contributed by atoms with van der Waals surface area (Å²) in [5.41, 5.74) is 2.80. The van der Waals surface area contributed by atoms with Gasteiger partial charge in [-0.3, -0.25) is 0 Å². The van der Waals surface area contributed by atoms with Gasteiger partial charge in [0, 0.05) is 11.8 Å². The minimum Gasteiger partial charge on any atom is -0.441 e. The average Bonchev–Trinajstić information content (AvgIpc) is 2.50. The van der Waals surface area contributed by atoms with E-state index >= 15 is 0 Å². The first-order valence-corrected chi connectivity index (χ1v) is 6.77. The van der Waals surface area contributed by atoms with E-state index in [1.807, 2.05) is 67.6 Å². The molecule has 0 saturated carbocycles. The maximum atomic E-state index is 5.96. The van der Waals surface area contributed by atoms with Crippen molar-refractivity contribution in [3.63, 3.8) is 0 Å². The van der Waals surface area contributed by atoms with Gasteiger partial charge >= 0.3 is 0 Å². The zero-order valence-electron chi connectivity index (χ0n) is 12.2. The Morgan fingerprint density at radius 2 is 1.71 bits per heavy atom. The van der Waals surface area contributed by atoms with Crippen LogP contribution in [-0.4, -0.2) is 0 Å². The van der Waals surface area contributed by atoms with Gasteiger partial charge in [0.25, 0.3) is 0 Å². The minimum atomic E-state index is 0.611. The summed E-state index contributed by atoms with van der Waals surface area (Å²) in [4.78, 5) is 0. The molecule has 0 radical (unpaired) electrons. The van der Waals surface area contributed by atoms with Gasteiger partial charge < -0.3 is 10.1 Å². The van der Waals surface area contributed by atoms with E-state index in [1.165, 1.54) is 0 Å². The largest absolute Gasteiger partial charge is 0.441 e. The fraction of sp³-hybridized carbons (Fsp3) is 0.0526. The molecule has 0 aliphatic carbocycles. The first-order valence-electron chi connectivity index (χ1n) is 6.77. The fourth-order valence-electron chi connectivity index (χ4n) is 1.77. The van der Waals surface area contributed by atoms with Crippen LogP contribution in [0.25, 0.3) is 0 Å². The summed E-state index contributed by atoms with van der Waals surface area (Å²) in [5, 5.41) is 3.25. The second-order valence-electron chi connectivity index (χ2n) is 4.65. The van der Waals surface area contributed by atoms with Crippen LogP contribution in [0.3, 0.4) is 0 Å². The summed E-state index contributed by atoms with van der Waals surface area (Å²) in [7, 11) is 0. The van der Waals surface area contributed by atoms with E-state index in [1.54, 1.807) is 6.08 Å². The van der Waals surface area contributed by atoms with E-state index in [0.717, 1.165) is 22.6 Å². The molecule has 0 bridgehead atoms. The SMILES string of the molecule is C=CC(=C)/C=C(\Nc1ccccc1)Oc1ccccc1C. The zero-order valence-corrected chi connectivity index (χ0v) is 12.2. The van der Waals surface area contributed by atoms with Crippen molar-refractivity contribution in [1.29, 1.82) is 0 Å². The highest BCUT2D eigenvalue weighted by atomic mass is 16.5. The van der Waals surface area contributed by atoms with Crippen molar-refractivity contribution in [2.75, 3.05) is 5.32 Å². The lowest BCUT2D eigenvalue weighted by molar-refractivity contribution is 0.429. The number of rotatable bonds is 6. The average molecular weight is 277 g/mol. The van der Waals surface area contributed by atoms with E-state index in [9.17, 15) is 0 Å². The Kier molecular flexibility index (Phi) is 4.99. The first-order chi connectivity index (χ1) is 10.2. The lowest BCUT2D eigenvalue weighted by Gasteiger charge is -2.14. The van der Waals surface area contributed by atoms with Gasteiger partial charge in [-0.1, -0.05) is 55.6 Å². The number of benzene rings is 2. The van der Waals surface area contributed by atoms with E-state index < -0.39 is 0 Å². The van der Waals surface area contributed by atoms with Gasteiger partial charge in [0.05, 0.1) is 0 Å². The number of anilines is 1. The molecule has 0 spiro atoms. The van der Waals surface area contributed by atoms with E-state index in [2.05, 4.69) is 18.5 Å². The van der Waals surface area contributed by atoms with E-state index in [0.29, 0.717) is 5.88 Å². The minimum absolute atomic E-state index is 0.611. The maximum absolute atomic E-state index is 5.96. The molecule has 0 fully saturated rings. The van der Waals surface area contributed by atoms with Crippen molar-refractivity contribution in [1.82, 2.24) is 0 Å². The van der Waals surface area contributed by atoms with Crippen LogP contribution in [0.15, 0.2) is 91.4 Å². The van der Waals surface area contributed by atoms with Gasteiger partial charge in [0.1, 0.15) is 5.75 Å². The van der Waals surface area contributed by atoms with Gasteiger partial charge in [0.2, 0.25) is 0 Å². The molecule has 2 heteroatoms. The number of ether oxygens (including phenoxy) is 1. The number of allylic oxidation sites excluding steroid dienone is 3. The van der Waals surface area contributed by atoms with Gasteiger partial charge in [-0.25, -0.2) is 0 Å². The van der Waals surface area contributed by atoms with Gasteiger partial charge in [-0.2, -0.15) is 0 Å². The number of hydrogen-bond acceptors (Lipinski definition) is 2. The Bertz CT molecular complexity index is 656. The molecular formula is C19H19NO. The molecule has 0 aliphatic heterocycles. The zero-order chi connectivity index (χ0) is 15.1. The van der Waals surface area contributed by atoms with Gasteiger partial charge in [-0.05, 0) is 36.3 Å². The molecule has 0 atom stereocenters. The highest BCUT2D eigenvalue weighted by molar-refractivity contribution is 5.49. The molecule has 2 aromatic carbocycles. The van der Waals surface area contributed by atoms with Crippen molar-refractivity contribution in [3.8, 4) is 5.75 Å². The Balaban J connectivity index is 2.25. The Morgan fingerprint density at radius 3 is 2.38 bits per heavy atom. The van der Waals surface area contributed by atoms with Crippen molar-refractivity contribution in [2.45, 2.75) is 6.92 Å². The molecule has 0 aromatic heterocycles. The molecule has 0 unspecified atom stereocenters. The molecule has 21 heavy (non-hydrogen) atoms. The van der Waals surface area contributed by atoms with Crippen LogP contribution in [0.2, 0.25) is 0 Å². The highest BCUT2D eigenvalue weighted by Crippen LogP contribution is 2.21. The molecule has 0 aliphatic rings. The summed E-state index contributed by atoms with van der Waals surface area (Å²) >= 11 is 0. The summed E-state index contributed by atoms with van der Waals surface area (Å²) in [6, 6.07) is 17.7. The van der Waals surface area contributed by atoms with E-state index in [-0.39, 0.29) is 0 Å². The quantitative estimate of drug-likeness (QED) is 0.588. The molecule has 2 nitrogen and oxygen atoms in total. The van der Waals surface area contributed by atoms with Crippen LogP contribution in [0, 0.1) is 6.92 Å². The first kappa shape index (κ1) is 14.7. The van der Waals surface area contributed by atoms with Crippen molar-refractivity contribution < 1.29 is 4.74 Å². The topological polar surface area (TPSA) is 21.3 Å². The molecule has 0 amide bonds. The standard InChI is InChI=1S/C19H19NO/c1-4-15(2)14-19(20-17-11-6-5-7-12-17)21-18-13-9-8-10-16(18)3/h4-14,20H,1-2H2,3H3/b19-14+. The third kappa shape index (κ3) is 4.39. The Labute approximate surface area is 126 Å². The summed E-state index contributed by atoms with van der Waals surface area (Å²) in [6.07, 6.45) is 3.51. The van der Waals surface area contributed by atoms with Crippen LogP contribution < -0.4 is 10.1 Å². The second-order valence-corrected chi connectivity index (χ2v) is 4.65. The van der Waals surface area contributed by atoms with Crippen molar-refractivity contribution >= 4 is 5.69 Å². The maximum Gasteiger partial charge on any atom is 0.198 e. The van der Waals surface area contributed by atoms with Gasteiger partial charge in [-0.15, -0.1) is 0 Å². The highest BCUT2D eigenvalue weighted by Gasteiger charge is 2.04. The number of aryl methyl sites for hydroxylation is 1. The molecule has 0 heterocycles. The molecular weight excluding hydrogens is 258 g/mol. The summed E-state index contributed by atoms with van der Waals surface area (Å²) < 4.78 is 5.96. The lowest BCUT2D eigenvalue weighted by Crippen LogP contribution is -2.08. The molecule has 1 N–H and O–H groups in total. The van der Waals surface area contributed by atoms with Gasteiger partial charge in [0.15, 0.2) is 5.88 Å². The predicted molar refractivity (Wildman–Crippen MR) is 89.3 cm³/mol. The van der Waals surface area contributed by atoms with Crippen molar-refractivity contribution in [2.24, 2.45) is 0 Å². The number of nitrogens with one attached hydrogen (secondary N) is 1. The third-order valence-electron chi connectivity index (χ3n) is 2.93. The van der Waals surface area contributed by atoms with Crippen LogP contribution in [0.1, 0.15) is 5.56 Å². The van der Waals surface area contributed by atoms with Crippen molar-refractivity contribution in [3.05, 3.63) is 96.9 Å². The molecule has 2 rings (SSSR count). The summed E-state index contributed by atoms with van der Waals surface area (Å²) in [6.45, 7) is 9.63. The fourth-order valence-corrected chi connectivity index (χ4v) is 1.77. The van der Waals surface area contributed by atoms with Crippen LogP contribution in [-0.2, 0) is 0 Å². The smallest absolute Gasteiger partial charge is 0.198 e. The summed E-state index contributed by atoms with van der Waals surface area (Å²) in [5.74, 6) is 1.42. The monoisotopic (exact) mass is 277 g/mol. The number of hydrogen-bond donors (Lipinski definition) is 1. The number of para-hydroxylation sites is 2.